The number of halogens is 1. The largest absolute Gasteiger partial charge is 0.349 e. The van der Waals surface area contributed by atoms with Crippen molar-refractivity contribution in [1.82, 2.24) is 19.6 Å². The molecular weight excluding hydrogens is 281 g/mol. The Balaban J connectivity index is 1.84. The number of hydrogen-bond donors (Lipinski definition) is 0. The van der Waals surface area contributed by atoms with Crippen molar-refractivity contribution in [3.63, 3.8) is 0 Å². The minimum atomic E-state index is -0.208. The quantitative estimate of drug-likeness (QED) is 0.729. The minimum Gasteiger partial charge on any atom is -0.349 e. The normalized spacial score (nSPS) is 15.3. The van der Waals surface area contributed by atoms with E-state index in [2.05, 4.69) is 26.9 Å². The Labute approximate surface area is 127 Å². The summed E-state index contributed by atoms with van der Waals surface area (Å²) in [6.07, 6.45) is 2.44. The van der Waals surface area contributed by atoms with Crippen LogP contribution in [0.4, 0.5) is 10.2 Å². The smallest absolute Gasteiger partial charge is 0.254 e. The van der Waals surface area contributed by atoms with Crippen molar-refractivity contribution in [1.29, 1.82) is 0 Å². The topological polar surface area (TPSA) is 46.3 Å². The molecule has 0 saturated carbocycles. The molecule has 4 rings (SSSR count). The highest BCUT2D eigenvalue weighted by molar-refractivity contribution is 5.59. The predicted molar refractivity (Wildman–Crippen MR) is 81.4 cm³/mol. The van der Waals surface area contributed by atoms with Crippen LogP contribution in [0.3, 0.4) is 0 Å². The second kappa shape index (κ2) is 4.76. The number of hydrogen-bond acceptors (Lipinski definition) is 4. The van der Waals surface area contributed by atoms with E-state index in [1.165, 1.54) is 18.0 Å². The van der Waals surface area contributed by atoms with Crippen LogP contribution in [0.1, 0.15) is 29.8 Å². The van der Waals surface area contributed by atoms with Gasteiger partial charge in [-0.15, -0.1) is 0 Å². The monoisotopic (exact) mass is 297 g/mol. The van der Waals surface area contributed by atoms with Gasteiger partial charge >= 0.3 is 0 Å². The molecule has 0 saturated heterocycles. The molecule has 0 unspecified atom stereocenters. The zero-order valence-corrected chi connectivity index (χ0v) is 12.5. The summed E-state index contributed by atoms with van der Waals surface area (Å²) in [5, 5.41) is 4.30. The number of benzene rings is 1. The van der Waals surface area contributed by atoms with Gasteiger partial charge in [0.25, 0.3) is 5.78 Å². The Morgan fingerprint density at radius 3 is 3.00 bits per heavy atom. The average Bonchev–Trinajstić information content (AvgIpc) is 3.12. The van der Waals surface area contributed by atoms with Crippen molar-refractivity contribution in [3.05, 3.63) is 53.2 Å². The van der Waals surface area contributed by atoms with E-state index in [1.54, 1.807) is 16.6 Å². The lowest BCUT2D eigenvalue weighted by Gasteiger charge is -2.27. The van der Waals surface area contributed by atoms with Crippen LogP contribution in [0.2, 0.25) is 0 Å². The first-order valence-electron chi connectivity index (χ1n) is 7.36. The molecule has 2 aromatic heterocycles. The molecule has 3 heterocycles. The molecule has 5 nitrogen and oxygen atoms in total. The molecule has 1 aliphatic heterocycles. The Morgan fingerprint density at radius 2 is 2.18 bits per heavy atom. The van der Waals surface area contributed by atoms with Crippen molar-refractivity contribution in [2.75, 3.05) is 11.4 Å². The maximum Gasteiger partial charge on any atom is 0.254 e. The number of aromatic nitrogens is 4. The molecule has 0 fully saturated rings. The molecular formula is C16H16FN5. The van der Waals surface area contributed by atoms with Crippen LogP contribution in [-0.4, -0.2) is 26.1 Å². The third-order valence-electron chi connectivity index (χ3n) is 4.38. The molecule has 1 atom stereocenters. The van der Waals surface area contributed by atoms with Gasteiger partial charge in [-0.1, -0.05) is 12.1 Å². The van der Waals surface area contributed by atoms with Gasteiger partial charge in [-0.2, -0.15) is 14.6 Å². The van der Waals surface area contributed by atoms with E-state index in [0.29, 0.717) is 5.78 Å². The number of aryl methyl sites for hydroxylation is 1. The fraction of sp³-hybridized carbons (Fsp3) is 0.312. The van der Waals surface area contributed by atoms with Crippen LogP contribution < -0.4 is 4.90 Å². The summed E-state index contributed by atoms with van der Waals surface area (Å²) in [6.45, 7) is 4.96. The first-order valence-corrected chi connectivity index (χ1v) is 7.36. The first-order chi connectivity index (χ1) is 10.6. The summed E-state index contributed by atoms with van der Waals surface area (Å²) < 4.78 is 15.3. The number of nitrogens with zero attached hydrogens (tertiary/aromatic N) is 5. The lowest BCUT2D eigenvalue weighted by atomic mass is 10.1. The third kappa shape index (κ3) is 1.87. The van der Waals surface area contributed by atoms with Gasteiger partial charge < -0.3 is 4.90 Å². The van der Waals surface area contributed by atoms with E-state index in [4.69, 9.17) is 0 Å². The molecule has 0 amide bonds. The van der Waals surface area contributed by atoms with Crippen molar-refractivity contribution in [3.8, 4) is 0 Å². The number of fused-ring (bicyclic) bond motifs is 3. The van der Waals surface area contributed by atoms with E-state index < -0.39 is 0 Å². The maximum atomic E-state index is 13.5. The fourth-order valence-corrected chi connectivity index (χ4v) is 3.22. The summed E-state index contributed by atoms with van der Waals surface area (Å²) in [7, 11) is 0. The molecule has 112 valence electrons. The van der Waals surface area contributed by atoms with Crippen LogP contribution in [-0.2, 0) is 6.42 Å². The van der Waals surface area contributed by atoms with Crippen LogP contribution in [0.15, 0.2) is 30.6 Å². The molecule has 1 aromatic carbocycles. The van der Waals surface area contributed by atoms with E-state index in [0.717, 1.165) is 30.0 Å². The standard InChI is InChI=1S/C16H16FN5/c1-10-14-6-7-21(11(2)12-4-3-5-13(17)8-12)15(14)22-16(20-10)18-9-19-22/h3-5,8-9,11H,6-7H2,1-2H3/t11-/m0/s1. The Bertz CT molecular complexity index is 857. The molecule has 3 aromatic rings. The van der Waals surface area contributed by atoms with Gasteiger partial charge in [-0.05, 0) is 38.0 Å². The zero-order valence-electron chi connectivity index (χ0n) is 12.5. The second-order valence-electron chi connectivity index (χ2n) is 5.65. The van der Waals surface area contributed by atoms with E-state index in [-0.39, 0.29) is 11.9 Å². The van der Waals surface area contributed by atoms with Gasteiger partial charge in [-0.3, -0.25) is 0 Å². The second-order valence-corrected chi connectivity index (χ2v) is 5.65. The number of anilines is 1. The summed E-state index contributed by atoms with van der Waals surface area (Å²) in [4.78, 5) is 10.9. The highest BCUT2D eigenvalue weighted by Crippen LogP contribution is 2.36. The lowest BCUT2D eigenvalue weighted by molar-refractivity contribution is 0.616. The maximum absolute atomic E-state index is 13.5. The summed E-state index contributed by atoms with van der Waals surface area (Å²) in [6, 6.07) is 6.83. The Kier molecular flexibility index (Phi) is 2.85. The van der Waals surface area contributed by atoms with Gasteiger partial charge in [0.05, 0.1) is 6.04 Å². The van der Waals surface area contributed by atoms with Crippen molar-refractivity contribution < 1.29 is 4.39 Å². The van der Waals surface area contributed by atoms with E-state index >= 15 is 0 Å². The molecule has 0 bridgehead atoms. The van der Waals surface area contributed by atoms with Crippen LogP contribution in [0.25, 0.3) is 5.78 Å². The van der Waals surface area contributed by atoms with Crippen LogP contribution >= 0.6 is 0 Å². The van der Waals surface area contributed by atoms with Crippen molar-refractivity contribution in [2.24, 2.45) is 0 Å². The van der Waals surface area contributed by atoms with E-state index in [1.807, 2.05) is 13.0 Å². The van der Waals surface area contributed by atoms with Gasteiger partial charge in [0.2, 0.25) is 0 Å². The predicted octanol–water partition coefficient (Wildman–Crippen LogP) is 2.70. The molecule has 0 N–H and O–H groups in total. The van der Waals surface area contributed by atoms with Crippen molar-refractivity contribution >= 4 is 11.6 Å². The third-order valence-corrected chi connectivity index (χ3v) is 4.38. The Morgan fingerprint density at radius 1 is 1.32 bits per heavy atom. The summed E-state index contributed by atoms with van der Waals surface area (Å²) >= 11 is 0. The molecule has 0 radical (unpaired) electrons. The average molecular weight is 297 g/mol. The lowest BCUT2D eigenvalue weighted by Crippen LogP contribution is -2.26. The highest BCUT2D eigenvalue weighted by atomic mass is 19.1. The molecule has 1 aliphatic rings. The van der Waals surface area contributed by atoms with Crippen LogP contribution in [0, 0.1) is 12.7 Å². The summed E-state index contributed by atoms with van der Waals surface area (Å²) in [5.74, 6) is 1.42. The fourth-order valence-electron chi connectivity index (χ4n) is 3.22. The van der Waals surface area contributed by atoms with Gasteiger partial charge in [0.15, 0.2) is 0 Å². The van der Waals surface area contributed by atoms with Gasteiger partial charge in [-0.25, -0.2) is 9.37 Å². The SMILES string of the molecule is Cc1nc2ncnn2c2c1CCN2[C@@H](C)c1cccc(F)c1. The molecule has 22 heavy (non-hydrogen) atoms. The van der Waals surface area contributed by atoms with Gasteiger partial charge in [0.1, 0.15) is 18.0 Å². The van der Waals surface area contributed by atoms with Crippen LogP contribution in [0.5, 0.6) is 0 Å². The number of rotatable bonds is 2. The Hall–Kier alpha value is -2.50. The zero-order chi connectivity index (χ0) is 15.3. The van der Waals surface area contributed by atoms with E-state index in [9.17, 15) is 4.39 Å². The highest BCUT2D eigenvalue weighted by Gasteiger charge is 2.29. The molecule has 6 heteroatoms. The summed E-state index contributed by atoms with van der Waals surface area (Å²) in [5.41, 5.74) is 3.14. The molecule has 0 spiro atoms. The minimum absolute atomic E-state index is 0.0612. The van der Waals surface area contributed by atoms with Gasteiger partial charge in [0, 0.05) is 17.8 Å². The van der Waals surface area contributed by atoms with Crippen molar-refractivity contribution in [2.45, 2.75) is 26.3 Å². The molecule has 0 aliphatic carbocycles. The first kappa shape index (κ1) is 13.2.